The van der Waals surface area contributed by atoms with Gasteiger partial charge in [-0.3, -0.25) is 0 Å². The minimum absolute atomic E-state index is 0.0349. The maximum atomic E-state index is 11.4. The Labute approximate surface area is 79.5 Å². The number of urea groups is 1. The molecule has 1 aliphatic rings. The molecular formula is C9H19N3O. The number of carbonyl (C=O) groups excluding carboxylic acids is 1. The maximum absolute atomic E-state index is 11.4. The van der Waals surface area contributed by atoms with Crippen LogP contribution in [0, 0.1) is 0 Å². The van der Waals surface area contributed by atoms with E-state index in [-0.39, 0.29) is 11.6 Å². The van der Waals surface area contributed by atoms with Crippen LogP contribution >= 0.6 is 0 Å². The highest BCUT2D eigenvalue weighted by atomic mass is 16.2. The lowest BCUT2D eigenvalue weighted by Crippen LogP contribution is -2.55. The van der Waals surface area contributed by atoms with Crippen LogP contribution in [0.4, 0.5) is 4.79 Å². The second-order valence-corrected chi connectivity index (χ2v) is 3.75. The summed E-state index contributed by atoms with van der Waals surface area (Å²) in [6, 6.07) is -0.0349. The molecule has 1 rings (SSSR count). The number of hydrogen-bond donors (Lipinski definition) is 2. The highest BCUT2D eigenvalue weighted by Crippen LogP contribution is 2.33. The number of rotatable bonds is 2. The second-order valence-electron chi connectivity index (χ2n) is 3.75. The molecular weight excluding hydrogens is 166 g/mol. The molecule has 1 saturated carbocycles. The van der Waals surface area contributed by atoms with Gasteiger partial charge in [-0.15, -0.1) is 0 Å². The third-order valence-corrected chi connectivity index (χ3v) is 3.14. The van der Waals surface area contributed by atoms with Gasteiger partial charge < -0.3 is 16.0 Å². The predicted octanol–water partition coefficient (Wildman–Crippen LogP) is 0.529. The topological polar surface area (TPSA) is 58.4 Å². The van der Waals surface area contributed by atoms with Gasteiger partial charge in [0, 0.05) is 20.6 Å². The summed E-state index contributed by atoms with van der Waals surface area (Å²) in [7, 11) is 3.48. The summed E-state index contributed by atoms with van der Waals surface area (Å²) < 4.78 is 0. The van der Waals surface area contributed by atoms with Crippen LogP contribution in [-0.4, -0.2) is 37.1 Å². The molecule has 0 aromatic carbocycles. The zero-order chi connectivity index (χ0) is 9.90. The lowest BCUT2D eigenvalue weighted by Gasteiger charge is -2.37. The molecule has 3 N–H and O–H groups in total. The van der Waals surface area contributed by atoms with Crippen LogP contribution in [0.15, 0.2) is 0 Å². The minimum Gasteiger partial charge on any atom is -0.341 e. The first-order valence-electron chi connectivity index (χ1n) is 4.82. The number of likely N-dealkylation sites (N-methyl/N-ethyl adjacent to an activating group) is 1. The zero-order valence-corrected chi connectivity index (χ0v) is 8.47. The van der Waals surface area contributed by atoms with Gasteiger partial charge in [0.1, 0.15) is 0 Å². The fraction of sp³-hybridized carbons (Fsp3) is 0.889. The Hall–Kier alpha value is -0.770. The standard InChI is InChI=1S/C9H19N3O/c1-11-8(13)12(2)9(7-10)5-3-4-6-9/h3-7,10H2,1-2H3,(H,11,13). The van der Waals surface area contributed by atoms with E-state index in [9.17, 15) is 4.79 Å². The smallest absolute Gasteiger partial charge is 0.317 e. The van der Waals surface area contributed by atoms with Crippen LogP contribution in [0.2, 0.25) is 0 Å². The van der Waals surface area contributed by atoms with Crippen molar-refractivity contribution < 1.29 is 4.79 Å². The van der Waals surface area contributed by atoms with Gasteiger partial charge >= 0.3 is 6.03 Å². The number of nitrogens with one attached hydrogen (secondary N) is 1. The van der Waals surface area contributed by atoms with Crippen molar-refractivity contribution in [3.8, 4) is 0 Å². The van der Waals surface area contributed by atoms with E-state index < -0.39 is 0 Å². The van der Waals surface area contributed by atoms with Crippen LogP contribution in [0.1, 0.15) is 25.7 Å². The normalized spacial score (nSPS) is 19.9. The Morgan fingerprint density at radius 1 is 1.54 bits per heavy atom. The highest BCUT2D eigenvalue weighted by molar-refractivity contribution is 5.74. The van der Waals surface area contributed by atoms with Crippen molar-refractivity contribution in [3.05, 3.63) is 0 Å². The fourth-order valence-corrected chi connectivity index (χ4v) is 2.09. The van der Waals surface area contributed by atoms with Crippen LogP contribution in [0.5, 0.6) is 0 Å². The molecule has 2 amide bonds. The average molecular weight is 185 g/mol. The molecule has 0 bridgehead atoms. The zero-order valence-electron chi connectivity index (χ0n) is 8.47. The van der Waals surface area contributed by atoms with Gasteiger partial charge in [-0.1, -0.05) is 12.8 Å². The van der Waals surface area contributed by atoms with E-state index in [4.69, 9.17) is 5.73 Å². The van der Waals surface area contributed by atoms with Crippen molar-refractivity contribution >= 4 is 6.03 Å². The van der Waals surface area contributed by atoms with Crippen molar-refractivity contribution in [1.82, 2.24) is 10.2 Å². The van der Waals surface area contributed by atoms with Crippen molar-refractivity contribution in [3.63, 3.8) is 0 Å². The molecule has 0 saturated heterocycles. The van der Waals surface area contributed by atoms with E-state index in [1.807, 2.05) is 7.05 Å². The first-order valence-corrected chi connectivity index (χ1v) is 4.82. The summed E-state index contributed by atoms with van der Waals surface area (Å²) in [5.41, 5.74) is 5.66. The van der Waals surface area contributed by atoms with Crippen LogP contribution in [-0.2, 0) is 0 Å². The predicted molar refractivity (Wildman–Crippen MR) is 52.5 cm³/mol. The summed E-state index contributed by atoms with van der Waals surface area (Å²) in [5, 5.41) is 2.63. The fourth-order valence-electron chi connectivity index (χ4n) is 2.09. The summed E-state index contributed by atoms with van der Waals surface area (Å²) in [5.74, 6) is 0. The van der Waals surface area contributed by atoms with E-state index in [2.05, 4.69) is 5.32 Å². The minimum atomic E-state index is -0.0832. The molecule has 0 heterocycles. The second kappa shape index (κ2) is 3.96. The molecule has 0 atom stereocenters. The summed E-state index contributed by atoms with van der Waals surface area (Å²) >= 11 is 0. The van der Waals surface area contributed by atoms with Crippen LogP contribution < -0.4 is 11.1 Å². The Morgan fingerprint density at radius 3 is 2.46 bits per heavy atom. The molecule has 13 heavy (non-hydrogen) atoms. The summed E-state index contributed by atoms with van der Waals surface area (Å²) in [6.45, 7) is 0.566. The number of amides is 2. The SMILES string of the molecule is CNC(=O)N(C)C1(CN)CCCC1. The van der Waals surface area contributed by atoms with Crippen molar-refractivity contribution in [2.24, 2.45) is 5.73 Å². The first-order chi connectivity index (χ1) is 6.16. The third kappa shape index (κ3) is 1.77. The maximum Gasteiger partial charge on any atom is 0.317 e. The van der Waals surface area contributed by atoms with Gasteiger partial charge in [0.05, 0.1) is 5.54 Å². The van der Waals surface area contributed by atoms with E-state index in [1.165, 1.54) is 12.8 Å². The molecule has 0 aromatic rings. The Morgan fingerprint density at radius 2 is 2.08 bits per heavy atom. The van der Waals surface area contributed by atoms with Crippen molar-refractivity contribution in [2.45, 2.75) is 31.2 Å². The molecule has 4 heteroatoms. The molecule has 1 fully saturated rings. The van der Waals surface area contributed by atoms with Crippen molar-refractivity contribution in [2.75, 3.05) is 20.6 Å². The molecule has 4 nitrogen and oxygen atoms in total. The number of nitrogens with zero attached hydrogens (tertiary/aromatic N) is 1. The number of carbonyl (C=O) groups is 1. The number of hydrogen-bond acceptors (Lipinski definition) is 2. The first kappa shape index (κ1) is 10.3. The summed E-state index contributed by atoms with van der Waals surface area (Å²) in [6.07, 6.45) is 4.43. The van der Waals surface area contributed by atoms with Gasteiger partial charge in [-0.05, 0) is 12.8 Å². The molecule has 0 aromatic heterocycles. The lowest BCUT2D eigenvalue weighted by molar-refractivity contribution is 0.143. The largest absolute Gasteiger partial charge is 0.341 e. The highest BCUT2D eigenvalue weighted by Gasteiger charge is 2.38. The van der Waals surface area contributed by atoms with Gasteiger partial charge in [0.25, 0.3) is 0 Å². The molecule has 76 valence electrons. The van der Waals surface area contributed by atoms with E-state index >= 15 is 0 Å². The molecule has 0 spiro atoms. The van der Waals surface area contributed by atoms with Gasteiger partial charge in [-0.2, -0.15) is 0 Å². The van der Waals surface area contributed by atoms with Gasteiger partial charge in [-0.25, -0.2) is 4.79 Å². The average Bonchev–Trinajstić information content (AvgIpc) is 2.65. The Kier molecular flexibility index (Phi) is 3.14. The van der Waals surface area contributed by atoms with Gasteiger partial charge in [0.2, 0.25) is 0 Å². The quantitative estimate of drug-likeness (QED) is 0.659. The van der Waals surface area contributed by atoms with Crippen molar-refractivity contribution in [1.29, 1.82) is 0 Å². The Bertz CT molecular complexity index is 187. The van der Waals surface area contributed by atoms with E-state index in [1.54, 1.807) is 11.9 Å². The Balaban J connectivity index is 2.70. The molecule has 0 aliphatic heterocycles. The summed E-state index contributed by atoms with van der Waals surface area (Å²) in [4.78, 5) is 13.2. The van der Waals surface area contributed by atoms with Gasteiger partial charge in [0.15, 0.2) is 0 Å². The van der Waals surface area contributed by atoms with E-state index in [0.717, 1.165) is 12.8 Å². The van der Waals surface area contributed by atoms with Crippen LogP contribution in [0.3, 0.4) is 0 Å². The monoisotopic (exact) mass is 185 g/mol. The number of nitrogens with two attached hydrogens (primary N) is 1. The molecule has 0 radical (unpaired) electrons. The van der Waals surface area contributed by atoms with Crippen LogP contribution in [0.25, 0.3) is 0 Å². The third-order valence-electron chi connectivity index (χ3n) is 3.14. The van der Waals surface area contributed by atoms with E-state index in [0.29, 0.717) is 6.54 Å². The molecule has 0 unspecified atom stereocenters. The lowest BCUT2D eigenvalue weighted by atomic mass is 9.96. The molecule has 1 aliphatic carbocycles.